The fourth-order valence-corrected chi connectivity index (χ4v) is 3.08. The minimum absolute atomic E-state index is 0.0353. The van der Waals surface area contributed by atoms with Gasteiger partial charge in [-0.15, -0.1) is 0 Å². The molecule has 1 aromatic heterocycles. The smallest absolute Gasteiger partial charge is 0.306 e. The van der Waals surface area contributed by atoms with E-state index in [0.29, 0.717) is 55.7 Å². The molecule has 1 amide bonds. The lowest BCUT2D eigenvalue weighted by Crippen LogP contribution is -2.46. The first-order chi connectivity index (χ1) is 12.5. The number of nitrogens with one attached hydrogen (secondary N) is 1. The van der Waals surface area contributed by atoms with Crippen LogP contribution in [-0.4, -0.2) is 57.7 Å². The zero-order chi connectivity index (χ0) is 18.5. The number of fused-ring (bicyclic) bond motifs is 1. The molecule has 8 nitrogen and oxygen atoms in total. The first-order valence-corrected chi connectivity index (χ1v) is 8.62. The molecule has 0 bridgehead atoms. The van der Waals surface area contributed by atoms with E-state index in [1.165, 1.54) is 0 Å². The second-order valence-corrected chi connectivity index (χ2v) is 6.31. The van der Waals surface area contributed by atoms with Gasteiger partial charge in [-0.05, 0) is 18.6 Å². The quantitative estimate of drug-likeness (QED) is 0.794. The molecular weight excluding hydrogens is 338 g/mol. The van der Waals surface area contributed by atoms with E-state index in [1.54, 1.807) is 23.1 Å². The molecule has 3 rings (SSSR count). The number of carboxylic acids is 1. The Morgan fingerprint density at radius 3 is 2.96 bits per heavy atom. The third-order valence-corrected chi connectivity index (χ3v) is 4.36. The number of aliphatic carboxylic acids is 1. The van der Waals surface area contributed by atoms with Crippen molar-refractivity contribution in [2.75, 3.05) is 19.7 Å². The first-order valence-electron chi connectivity index (χ1n) is 8.62. The highest BCUT2D eigenvalue weighted by molar-refractivity contribution is 5.77. The van der Waals surface area contributed by atoms with Gasteiger partial charge < -0.3 is 19.7 Å². The van der Waals surface area contributed by atoms with Gasteiger partial charge in [0.05, 0.1) is 30.0 Å². The molecule has 1 atom stereocenters. The highest BCUT2D eigenvalue weighted by Crippen LogP contribution is 2.12. The fourth-order valence-electron chi connectivity index (χ4n) is 3.08. The van der Waals surface area contributed by atoms with Crippen LogP contribution in [0.3, 0.4) is 0 Å². The van der Waals surface area contributed by atoms with Crippen molar-refractivity contribution in [3.8, 4) is 0 Å². The van der Waals surface area contributed by atoms with E-state index in [2.05, 4.69) is 9.97 Å². The summed E-state index contributed by atoms with van der Waals surface area (Å²) in [5.41, 5.74) is 0.462. The van der Waals surface area contributed by atoms with E-state index in [0.717, 1.165) is 0 Å². The summed E-state index contributed by atoms with van der Waals surface area (Å²) < 4.78 is 5.37. The third kappa shape index (κ3) is 4.45. The van der Waals surface area contributed by atoms with Crippen molar-refractivity contribution in [3.63, 3.8) is 0 Å². The number of ether oxygens (including phenoxy) is 1. The average molecular weight is 359 g/mol. The Hall–Kier alpha value is -2.74. The predicted molar refractivity (Wildman–Crippen MR) is 93.9 cm³/mol. The Morgan fingerprint density at radius 2 is 2.15 bits per heavy atom. The van der Waals surface area contributed by atoms with Crippen LogP contribution in [0.15, 0.2) is 29.1 Å². The molecule has 0 unspecified atom stereocenters. The number of carbonyl (C=O) groups is 2. The molecule has 1 aromatic carbocycles. The number of amides is 1. The van der Waals surface area contributed by atoms with Gasteiger partial charge in [-0.25, -0.2) is 4.98 Å². The van der Waals surface area contributed by atoms with Crippen LogP contribution in [0.2, 0.25) is 0 Å². The number of aryl methyl sites for hydroxylation is 1. The van der Waals surface area contributed by atoms with Gasteiger partial charge in [-0.1, -0.05) is 12.1 Å². The van der Waals surface area contributed by atoms with Crippen molar-refractivity contribution in [2.45, 2.75) is 31.8 Å². The van der Waals surface area contributed by atoms with Crippen LogP contribution in [-0.2, 0) is 20.7 Å². The van der Waals surface area contributed by atoms with Gasteiger partial charge in [0.1, 0.15) is 5.82 Å². The molecule has 2 N–H and O–H groups in total. The number of carboxylic acid groups (broad SMARTS) is 1. The molecule has 138 valence electrons. The number of hydrogen-bond acceptors (Lipinski definition) is 5. The van der Waals surface area contributed by atoms with Crippen LogP contribution in [0.5, 0.6) is 0 Å². The fraction of sp³-hybridized carbons (Fsp3) is 0.444. The summed E-state index contributed by atoms with van der Waals surface area (Å²) in [6.45, 7) is 1.12. The standard InChI is InChI=1S/C18H21N3O5/c22-16(21-8-9-26-12(11-21)10-17(23)24)7-3-6-15-19-14-5-2-1-4-13(14)18(25)20-15/h1-2,4-5,12H,3,6-11H2,(H,23,24)(H,19,20,25)/t12-/m0/s1. The monoisotopic (exact) mass is 359 g/mol. The van der Waals surface area contributed by atoms with Crippen molar-refractivity contribution >= 4 is 22.8 Å². The Balaban J connectivity index is 1.54. The minimum Gasteiger partial charge on any atom is -0.481 e. The number of nitrogens with zero attached hydrogens (tertiary/aromatic N) is 2. The van der Waals surface area contributed by atoms with E-state index in [4.69, 9.17) is 9.84 Å². The van der Waals surface area contributed by atoms with Crippen LogP contribution >= 0.6 is 0 Å². The molecule has 8 heteroatoms. The molecule has 1 fully saturated rings. The summed E-state index contributed by atoms with van der Waals surface area (Å²) in [7, 11) is 0. The van der Waals surface area contributed by atoms with Gasteiger partial charge in [-0.2, -0.15) is 0 Å². The van der Waals surface area contributed by atoms with E-state index in [9.17, 15) is 14.4 Å². The van der Waals surface area contributed by atoms with Crippen LogP contribution < -0.4 is 5.56 Å². The number of rotatable bonds is 6. The van der Waals surface area contributed by atoms with Gasteiger partial charge in [0, 0.05) is 25.9 Å². The summed E-state index contributed by atoms with van der Waals surface area (Å²) in [6.07, 6.45) is 0.807. The molecule has 2 aromatic rings. The average Bonchev–Trinajstić information content (AvgIpc) is 2.61. The number of carbonyl (C=O) groups excluding carboxylic acids is 1. The third-order valence-electron chi connectivity index (χ3n) is 4.36. The number of morpholine rings is 1. The molecule has 0 radical (unpaired) electrons. The maximum atomic E-state index is 12.3. The van der Waals surface area contributed by atoms with Crippen molar-refractivity contribution in [2.24, 2.45) is 0 Å². The van der Waals surface area contributed by atoms with E-state index in [1.807, 2.05) is 6.07 Å². The summed E-state index contributed by atoms with van der Waals surface area (Å²) in [4.78, 5) is 44.0. The Morgan fingerprint density at radius 1 is 1.35 bits per heavy atom. The number of benzene rings is 1. The number of hydrogen-bond donors (Lipinski definition) is 2. The maximum absolute atomic E-state index is 12.3. The topological polar surface area (TPSA) is 113 Å². The lowest BCUT2D eigenvalue weighted by molar-refractivity contribution is -0.147. The summed E-state index contributed by atoms with van der Waals surface area (Å²) in [5.74, 6) is -0.408. The molecular formula is C18H21N3O5. The second kappa shape index (κ2) is 8.09. The molecule has 1 saturated heterocycles. The van der Waals surface area contributed by atoms with Crippen molar-refractivity contribution < 1.29 is 19.4 Å². The zero-order valence-corrected chi connectivity index (χ0v) is 14.3. The summed E-state index contributed by atoms with van der Waals surface area (Å²) >= 11 is 0. The number of para-hydroxylation sites is 1. The predicted octanol–water partition coefficient (Wildman–Crippen LogP) is 0.948. The van der Waals surface area contributed by atoms with E-state index in [-0.39, 0.29) is 17.9 Å². The van der Waals surface area contributed by atoms with Crippen molar-refractivity contribution in [1.29, 1.82) is 0 Å². The van der Waals surface area contributed by atoms with Crippen LogP contribution in [0.4, 0.5) is 0 Å². The number of aromatic nitrogens is 2. The molecule has 0 spiro atoms. The summed E-state index contributed by atoms with van der Waals surface area (Å²) in [5, 5.41) is 9.38. The first kappa shape index (κ1) is 18.1. The largest absolute Gasteiger partial charge is 0.481 e. The number of H-pyrrole nitrogens is 1. The number of aromatic amines is 1. The van der Waals surface area contributed by atoms with Crippen LogP contribution in [0, 0.1) is 0 Å². The lowest BCUT2D eigenvalue weighted by Gasteiger charge is -2.32. The lowest BCUT2D eigenvalue weighted by atomic mass is 10.1. The second-order valence-electron chi connectivity index (χ2n) is 6.31. The van der Waals surface area contributed by atoms with Gasteiger partial charge in [0.15, 0.2) is 0 Å². The summed E-state index contributed by atoms with van der Waals surface area (Å²) in [6, 6.07) is 7.13. The molecule has 0 saturated carbocycles. The van der Waals surface area contributed by atoms with Crippen LogP contribution in [0.1, 0.15) is 25.1 Å². The van der Waals surface area contributed by atoms with Gasteiger partial charge in [-0.3, -0.25) is 14.4 Å². The molecule has 0 aliphatic carbocycles. The van der Waals surface area contributed by atoms with Crippen molar-refractivity contribution in [3.05, 3.63) is 40.4 Å². The maximum Gasteiger partial charge on any atom is 0.306 e. The van der Waals surface area contributed by atoms with Gasteiger partial charge >= 0.3 is 5.97 Å². The molecule has 1 aliphatic heterocycles. The van der Waals surface area contributed by atoms with Gasteiger partial charge in [0.2, 0.25) is 5.91 Å². The highest BCUT2D eigenvalue weighted by Gasteiger charge is 2.25. The Kier molecular flexibility index (Phi) is 5.62. The molecule has 2 heterocycles. The normalized spacial score (nSPS) is 17.4. The van der Waals surface area contributed by atoms with Crippen LogP contribution in [0.25, 0.3) is 10.9 Å². The Labute approximate surface area is 149 Å². The van der Waals surface area contributed by atoms with Gasteiger partial charge in [0.25, 0.3) is 5.56 Å². The minimum atomic E-state index is -0.935. The SMILES string of the molecule is O=C(O)C[C@H]1CN(C(=O)CCCc2nc3ccccc3c(=O)[nH]2)CCO1. The molecule has 1 aliphatic rings. The highest BCUT2D eigenvalue weighted by atomic mass is 16.5. The van der Waals surface area contributed by atoms with E-state index >= 15 is 0 Å². The van der Waals surface area contributed by atoms with E-state index < -0.39 is 12.1 Å². The Bertz CT molecular complexity index is 863. The molecule has 26 heavy (non-hydrogen) atoms. The van der Waals surface area contributed by atoms with Crippen molar-refractivity contribution in [1.82, 2.24) is 14.9 Å². The zero-order valence-electron chi connectivity index (χ0n) is 14.3.